The van der Waals surface area contributed by atoms with Gasteiger partial charge in [-0.2, -0.15) is 0 Å². The lowest BCUT2D eigenvalue weighted by Gasteiger charge is -2.18. The van der Waals surface area contributed by atoms with Gasteiger partial charge in [-0.05, 0) is 36.1 Å². The normalized spacial score (nSPS) is 11.5. The first kappa shape index (κ1) is 19.5. The summed E-state index contributed by atoms with van der Waals surface area (Å²) in [6.07, 6.45) is 0.152. The van der Waals surface area contributed by atoms with Crippen LogP contribution in [0.4, 0.5) is 5.69 Å². The fraction of sp³-hybridized carbons (Fsp3) is 0.471. The van der Waals surface area contributed by atoms with E-state index in [2.05, 4.69) is 4.74 Å². The van der Waals surface area contributed by atoms with Gasteiger partial charge < -0.3 is 19.9 Å². The highest BCUT2D eigenvalue weighted by Gasteiger charge is 2.25. The van der Waals surface area contributed by atoms with Crippen LogP contribution in [0.25, 0.3) is 0 Å². The molecule has 1 aromatic carbocycles. The molecule has 7 nitrogen and oxygen atoms in total. The Kier molecular flexibility index (Phi) is 7.23. The van der Waals surface area contributed by atoms with E-state index >= 15 is 0 Å². The average Bonchev–Trinajstić information content (AvgIpc) is 2.55. The van der Waals surface area contributed by atoms with Crippen LogP contribution in [0, 0.1) is 12.8 Å². The molecule has 1 aromatic rings. The van der Waals surface area contributed by atoms with Gasteiger partial charge in [0.05, 0.1) is 26.6 Å². The number of carbonyl (C=O) groups excluding carboxylic acids is 3. The number of hydrogen-bond donors (Lipinski definition) is 1. The quantitative estimate of drug-likeness (QED) is 0.457. The second-order valence-corrected chi connectivity index (χ2v) is 5.40. The Morgan fingerprint density at radius 2 is 1.83 bits per heavy atom. The lowest BCUT2D eigenvalue weighted by molar-refractivity contribution is -0.152. The number of nitrogen functional groups attached to an aromatic ring is 1. The summed E-state index contributed by atoms with van der Waals surface area (Å²) in [5, 5.41) is 0. The lowest BCUT2D eigenvalue weighted by Crippen LogP contribution is -2.23. The maximum atomic E-state index is 12.0. The van der Waals surface area contributed by atoms with Crippen LogP contribution in [-0.2, 0) is 41.6 Å². The van der Waals surface area contributed by atoms with Gasteiger partial charge in [-0.1, -0.05) is 6.07 Å². The average molecular weight is 337 g/mol. The van der Waals surface area contributed by atoms with Crippen LogP contribution >= 0.6 is 0 Å². The molecule has 0 fully saturated rings. The van der Waals surface area contributed by atoms with Crippen LogP contribution in [0.1, 0.15) is 30.0 Å². The predicted molar refractivity (Wildman–Crippen MR) is 86.9 cm³/mol. The van der Waals surface area contributed by atoms with Crippen molar-refractivity contribution in [3.63, 3.8) is 0 Å². The highest BCUT2D eigenvalue weighted by molar-refractivity contribution is 5.80. The minimum Gasteiger partial charge on any atom is -0.469 e. The molecule has 0 aliphatic heterocycles. The number of benzene rings is 1. The van der Waals surface area contributed by atoms with Gasteiger partial charge in [-0.25, -0.2) is 0 Å². The molecule has 0 aliphatic rings. The second-order valence-electron chi connectivity index (χ2n) is 5.40. The van der Waals surface area contributed by atoms with Gasteiger partial charge in [0.15, 0.2) is 0 Å². The summed E-state index contributed by atoms with van der Waals surface area (Å²) < 4.78 is 14.5. The predicted octanol–water partition coefficient (Wildman–Crippen LogP) is 1.54. The Balaban J connectivity index is 3.12. The van der Waals surface area contributed by atoms with E-state index in [4.69, 9.17) is 15.2 Å². The van der Waals surface area contributed by atoms with Crippen molar-refractivity contribution >= 4 is 23.6 Å². The molecule has 0 aromatic heterocycles. The first-order chi connectivity index (χ1) is 11.3. The van der Waals surface area contributed by atoms with Crippen molar-refractivity contribution in [3.05, 3.63) is 28.8 Å². The summed E-state index contributed by atoms with van der Waals surface area (Å²) in [6.45, 7) is 3.18. The molecular formula is C17H23NO6. The Bertz CT molecular complexity index is 626. The highest BCUT2D eigenvalue weighted by atomic mass is 16.5. The van der Waals surface area contributed by atoms with Gasteiger partial charge >= 0.3 is 17.9 Å². The molecule has 1 unspecified atom stereocenters. The Hall–Kier alpha value is -2.57. The van der Waals surface area contributed by atoms with E-state index in [0.717, 1.165) is 16.7 Å². The number of carbonyl (C=O) groups is 3. The molecule has 7 heteroatoms. The van der Waals surface area contributed by atoms with Crippen LogP contribution in [0.5, 0.6) is 0 Å². The second kappa shape index (κ2) is 8.90. The summed E-state index contributed by atoms with van der Waals surface area (Å²) in [5.74, 6) is -2.11. The third kappa shape index (κ3) is 5.26. The largest absolute Gasteiger partial charge is 0.469 e. The summed E-state index contributed by atoms with van der Waals surface area (Å²) in [5.41, 5.74) is 8.73. The minimum absolute atomic E-state index is 0.0493. The Morgan fingerprint density at radius 3 is 2.38 bits per heavy atom. The number of esters is 3. The van der Waals surface area contributed by atoms with Gasteiger partial charge in [-0.15, -0.1) is 0 Å². The van der Waals surface area contributed by atoms with E-state index in [0.29, 0.717) is 5.69 Å². The van der Waals surface area contributed by atoms with Crippen molar-refractivity contribution in [1.29, 1.82) is 0 Å². The van der Waals surface area contributed by atoms with Crippen molar-refractivity contribution in [2.45, 2.75) is 33.3 Å². The van der Waals surface area contributed by atoms with E-state index < -0.39 is 23.8 Å². The Labute approximate surface area is 141 Å². The van der Waals surface area contributed by atoms with Crippen LogP contribution in [-0.4, -0.2) is 32.1 Å². The molecule has 0 bridgehead atoms. The van der Waals surface area contributed by atoms with Crippen molar-refractivity contribution in [2.75, 3.05) is 20.0 Å². The maximum absolute atomic E-state index is 12.0. The number of ether oxygens (including phenoxy) is 3. The number of methoxy groups -OCH3 is 2. The minimum atomic E-state index is -0.693. The zero-order chi connectivity index (χ0) is 18.3. The van der Waals surface area contributed by atoms with Gasteiger partial charge in [0, 0.05) is 12.6 Å². The first-order valence-corrected chi connectivity index (χ1v) is 7.45. The van der Waals surface area contributed by atoms with Crippen molar-refractivity contribution in [3.8, 4) is 0 Å². The molecule has 2 N–H and O–H groups in total. The molecule has 0 heterocycles. The SMILES string of the molecule is COC(=O)CC(Cc1ccc(N)c(C)c1COC(C)=O)C(=O)OC. The molecule has 24 heavy (non-hydrogen) atoms. The van der Waals surface area contributed by atoms with E-state index in [9.17, 15) is 14.4 Å². The lowest BCUT2D eigenvalue weighted by atomic mass is 9.91. The first-order valence-electron chi connectivity index (χ1n) is 7.45. The third-order valence-electron chi connectivity index (χ3n) is 3.80. The highest BCUT2D eigenvalue weighted by Crippen LogP contribution is 2.25. The zero-order valence-electron chi connectivity index (χ0n) is 14.4. The molecule has 0 spiro atoms. The number of hydrogen-bond acceptors (Lipinski definition) is 7. The van der Waals surface area contributed by atoms with Gasteiger partial charge in [-0.3, -0.25) is 14.4 Å². The molecule has 0 saturated carbocycles. The van der Waals surface area contributed by atoms with Crippen LogP contribution in [0.3, 0.4) is 0 Å². The van der Waals surface area contributed by atoms with E-state index in [1.807, 2.05) is 6.92 Å². The monoisotopic (exact) mass is 337 g/mol. The van der Waals surface area contributed by atoms with Crippen LogP contribution < -0.4 is 5.73 Å². The van der Waals surface area contributed by atoms with Crippen molar-refractivity contribution in [1.82, 2.24) is 0 Å². The van der Waals surface area contributed by atoms with Crippen LogP contribution in [0.15, 0.2) is 12.1 Å². The van der Waals surface area contributed by atoms with E-state index in [1.165, 1.54) is 21.1 Å². The number of rotatable bonds is 7. The van der Waals surface area contributed by atoms with Gasteiger partial charge in [0.2, 0.25) is 0 Å². The van der Waals surface area contributed by atoms with Crippen molar-refractivity contribution < 1.29 is 28.6 Å². The van der Waals surface area contributed by atoms with Gasteiger partial charge in [0.25, 0.3) is 0 Å². The molecule has 0 aliphatic carbocycles. The standard InChI is InChI=1S/C17H23NO6/c1-10-14(9-24-11(2)19)12(5-6-15(10)18)7-13(17(21)23-4)8-16(20)22-3/h5-6,13H,7-9,18H2,1-4H3. The van der Waals surface area contributed by atoms with E-state index in [-0.39, 0.29) is 19.4 Å². The summed E-state index contributed by atoms with van der Waals surface area (Å²) in [7, 11) is 2.52. The molecule has 0 amide bonds. The summed E-state index contributed by atoms with van der Waals surface area (Å²) in [4.78, 5) is 34.6. The molecule has 132 valence electrons. The third-order valence-corrected chi connectivity index (χ3v) is 3.80. The summed E-state index contributed by atoms with van der Waals surface area (Å²) in [6, 6.07) is 3.47. The molecule has 1 rings (SSSR count). The fourth-order valence-corrected chi connectivity index (χ4v) is 2.35. The fourth-order valence-electron chi connectivity index (χ4n) is 2.35. The van der Waals surface area contributed by atoms with Gasteiger partial charge in [0.1, 0.15) is 6.61 Å². The number of anilines is 1. The number of nitrogens with two attached hydrogens (primary N) is 1. The van der Waals surface area contributed by atoms with E-state index in [1.54, 1.807) is 12.1 Å². The zero-order valence-corrected chi connectivity index (χ0v) is 14.4. The smallest absolute Gasteiger partial charge is 0.309 e. The molecule has 0 saturated heterocycles. The Morgan fingerprint density at radius 1 is 1.17 bits per heavy atom. The molecular weight excluding hydrogens is 314 g/mol. The summed E-state index contributed by atoms with van der Waals surface area (Å²) >= 11 is 0. The molecule has 0 radical (unpaired) electrons. The topological polar surface area (TPSA) is 105 Å². The van der Waals surface area contributed by atoms with Crippen molar-refractivity contribution in [2.24, 2.45) is 5.92 Å². The molecule has 1 atom stereocenters. The van der Waals surface area contributed by atoms with Crippen LogP contribution in [0.2, 0.25) is 0 Å². The maximum Gasteiger partial charge on any atom is 0.309 e.